The van der Waals surface area contributed by atoms with Crippen LogP contribution in [0.2, 0.25) is 0 Å². The van der Waals surface area contributed by atoms with E-state index in [1.54, 1.807) is 0 Å². The van der Waals surface area contributed by atoms with Gasteiger partial charge in [0, 0.05) is 0 Å². The molecule has 18 rings (SSSR count). The van der Waals surface area contributed by atoms with Crippen molar-refractivity contribution in [2.75, 3.05) is 0 Å². The molecule has 18 aliphatic rings. The van der Waals surface area contributed by atoms with Gasteiger partial charge < -0.3 is 47.4 Å². The third kappa shape index (κ3) is 21.5. The molecule has 0 heterocycles. The van der Waals surface area contributed by atoms with E-state index in [9.17, 15) is 28.8 Å². The number of fused-ring (bicyclic) bond motifs is 18. The summed E-state index contributed by atoms with van der Waals surface area (Å²) >= 11 is 0. The molecule has 0 amide bonds. The minimum Gasteiger partial charge on any atom is -0.459 e. The molecule has 113 heavy (non-hydrogen) atoms. The van der Waals surface area contributed by atoms with Crippen molar-refractivity contribution >= 4 is 35.8 Å². The molecule has 16 nitrogen and oxygen atoms in total. The van der Waals surface area contributed by atoms with E-state index in [-0.39, 0.29) is 83.3 Å². The smallest absolute Gasteiger partial charge is 0.313 e. The average Bonchev–Trinajstić information content (AvgIpc) is 1.56. The van der Waals surface area contributed by atoms with E-state index in [0.717, 1.165) is 177 Å². The first kappa shape index (κ1) is 90.4. The highest BCUT2D eigenvalue weighted by atomic mass is 16.7. The minimum absolute atomic E-state index is 0.00347. The van der Waals surface area contributed by atoms with Crippen LogP contribution in [0.4, 0.5) is 0 Å². The summed E-state index contributed by atoms with van der Waals surface area (Å²) in [5.41, 5.74) is -1.09. The summed E-state index contributed by atoms with van der Waals surface area (Å²) < 4.78 is 58.0. The van der Waals surface area contributed by atoms with E-state index in [2.05, 4.69) is 13.8 Å². The molecule has 22 unspecified atom stereocenters. The Bertz CT molecular complexity index is 3030. The zero-order chi connectivity index (χ0) is 81.8. The molecule has 0 aromatic rings. The van der Waals surface area contributed by atoms with Crippen molar-refractivity contribution in [1.82, 2.24) is 0 Å². The van der Waals surface area contributed by atoms with Crippen molar-refractivity contribution in [1.29, 1.82) is 0 Å². The first-order valence-electron chi connectivity index (χ1n) is 47.5. The zero-order valence-corrected chi connectivity index (χ0v) is 74.8. The number of rotatable bonds is 27. The molecule has 18 aliphatic carbocycles. The maximum absolute atomic E-state index is 12.2. The van der Waals surface area contributed by atoms with Gasteiger partial charge in [0.2, 0.25) is 0 Å². The Balaban J connectivity index is 0.000000135. The number of ether oxygens (including phenoxy) is 10. The van der Waals surface area contributed by atoms with Crippen LogP contribution < -0.4 is 0 Å². The number of hydrogen-bond donors (Lipinski definition) is 0. The van der Waals surface area contributed by atoms with E-state index < -0.39 is 23.4 Å². The molecule has 0 saturated heterocycles. The van der Waals surface area contributed by atoms with Crippen molar-refractivity contribution < 1.29 is 76.1 Å². The predicted octanol–water partition coefficient (Wildman–Crippen LogP) is 22.5. The Labute approximate surface area is 685 Å². The van der Waals surface area contributed by atoms with E-state index >= 15 is 0 Å². The Hall–Kier alpha value is -3.34. The van der Waals surface area contributed by atoms with Gasteiger partial charge in [-0.25, -0.2) is 0 Å². The summed E-state index contributed by atoms with van der Waals surface area (Å²) in [5, 5.41) is 0. The van der Waals surface area contributed by atoms with Crippen LogP contribution in [0.25, 0.3) is 0 Å². The van der Waals surface area contributed by atoms with Crippen LogP contribution in [0.3, 0.4) is 0 Å². The molecular formula is C97H162O16. The van der Waals surface area contributed by atoms with Crippen LogP contribution in [0.1, 0.15) is 363 Å². The van der Waals surface area contributed by atoms with E-state index in [1.807, 2.05) is 125 Å². The Morgan fingerprint density at radius 1 is 0.336 bits per heavy atom. The zero-order valence-electron chi connectivity index (χ0n) is 74.8. The average molecular weight is 1580 g/mol. The third-order valence-electron chi connectivity index (χ3n) is 33.6. The Morgan fingerprint density at radius 2 is 0.646 bits per heavy atom. The summed E-state index contributed by atoms with van der Waals surface area (Å²) in [6, 6.07) is 0. The molecule has 22 atom stereocenters. The van der Waals surface area contributed by atoms with Crippen LogP contribution in [0.5, 0.6) is 0 Å². The molecule has 0 aromatic carbocycles. The second-order valence-corrected chi connectivity index (χ2v) is 42.1. The fraction of sp³-hybridized carbons (Fsp3) is 0.938. The van der Waals surface area contributed by atoms with Gasteiger partial charge in [-0.3, -0.25) is 28.8 Å². The van der Waals surface area contributed by atoms with Gasteiger partial charge >= 0.3 is 35.8 Å². The van der Waals surface area contributed by atoms with Gasteiger partial charge in [-0.05, 0) is 405 Å². The summed E-state index contributed by atoms with van der Waals surface area (Å²) in [4.78, 5) is 71.3. The SMILES string of the molecule is CCC(C)(C)C(=O)OC(C)OC1C2CC3CC(C2)CC1C3.CCC(C)(C)C(=O)OC(C)OC1CC2CC1C1C3CCC(C3)C21.CCC(C)C(=O)OC(C)OC1C2CC3CC(C2)CC1C3.CCC(C)C(=O)OC(C)OC1CC2CC1C1C3CCC(C3)C21.CCC(C)C(=O)OC1(C)CCCC1.CCC(C)C(=O)OC1(CC)CCCC1. The standard InChI is InChI=1S/C20H32O3.C19H30O3.C18H30O3.C17H28O3.C12H22O2.C11H20O2/c1-5-20(3,4)19(21)23-11(2)22-16-10-14-9-15(16)18-13-7-6-12(8-13)17(14)18;1-4-10(2)19(20)22-11(3)21-16-9-14-8-15(16)18-13-6-5-12(7-13)17(14)18;1-5-18(3,4)17(19)21-11(2)20-16-14-7-12-6-13(9-14)10-15(16)8-12;1-4-10(2)17(18)20-11(3)19-16-14-6-12-5-13(8-14)9-15(16)7-12;1-4-10(3)11(13)14-12(5-2)8-6-7-9-12;1-4-9(2)10(12)13-11(3)7-5-6-8-11/h11-18H,5-10H2,1-4H3;10-18H,4-9H2,1-3H3;11-16H,5-10H2,1-4H3;10-16H,4-9H2,1-3H3;10H,4-9H2,1-3H3;9H,4-8H2,1-3H3. The molecule has 0 spiro atoms. The molecule has 18 saturated carbocycles. The number of hydrogen-bond acceptors (Lipinski definition) is 16. The summed E-state index contributed by atoms with van der Waals surface area (Å²) in [6.45, 7) is 39.3. The van der Waals surface area contributed by atoms with Crippen LogP contribution in [-0.2, 0) is 76.1 Å². The van der Waals surface area contributed by atoms with Crippen LogP contribution >= 0.6 is 0 Å². The second kappa shape index (κ2) is 39.0. The predicted molar refractivity (Wildman–Crippen MR) is 440 cm³/mol. The van der Waals surface area contributed by atoms with Gasteiger partial charge in [-0.1, -0.05) is 76.2 Å². The fourth-order valence-corrected chi connectivity index (χ4v) is 26.1. The molecule has 0 N–H and O–H groups in total. The lowest BCUT2D eigenvalue weighted by Gasteiger charge is -2.54. The quantitative estimate of drug-likeness (QED) is 0.0326. The number of esters is 6. The van der Waals surface area contributed by atoms with Gasteiger partial charge in [-0.15, -0.1) is 0 Å². The van der Waals surface area contributed by atoms with E-state index in [1.165, 1.54) is 154 Å². The number of carbonyl (C=O) groups is 6. The highest BCUT2D eigenvalue weighted by Crippen LogP contribution is 2.70. The van der Waals surface area contributed by atoms with Crippen LogP contribution in [0, 0.1) is 153 Å². The van der Waals surface area contributed by atoms with Crippen molar-refractivity contribution in [2.24, 2.45) is 153 Å². The summed E-state index contributed by atoms with van der Waals surface area (Å²) in [6.07, 6.45) is 42.3. The van der Waals surface area contributed by atoms with Gasteiger partial charge in [0.1, 0.15) is 11.2 Å². The molecule has 16 bridgehead atoms. The lowest BCUT2D eigenvalue weighted by molar-refractivity contribution is -0.224. The monoisotopic (exact) mass is 1580 g/mol. The van der Waals surface area contributed by atoms with Gasteiger partial charge in [0.15, 0.2) is 25.2 Å². The Kier molecular flexibility index (Phi) is 31.2. The lowest BCUT2D eigenvalue weighted by atomic mass is 9.55. The number of carbonyl (C=O) groups excluding carboxylic acids is 6. The van der Waals surface area contributed by atoms with E-state index in [4.69, 9.17) is 47.4 Å². The van der Waals surface area contributed by atoms with E-state index in [0.29, 0.717) is 36.3 Å². The molecule has 18 fully saturated rings. The van der Waals surface area contributed by atoms with Crippen LogP contribution in [-0.4, -0.2) is 96.6 Å². The highest BCUT2D eigenvalue weighted by Gasteiger charge is 2.65. The van der Waals surface area contributed by atoms with Crippen LogP contribution in [0.15, 0.2) is 0 Å². The van der Waals surface area contributed by atoms with Crippen molar-refractivity contribution in [2.45, 2.75) is 424 Å². The third-order valence-corrected chi connectivity index (χ3v) is 33.6. The topological polar surface area (TPSA) is 195 Å². The van der Waals surface area contributed by atoms with Crippen molar-refractivity contribution in [3.05, 3.63) is 0 Å². The normalized spacial score (nSPS) is 38.4. The first-order valence-corrected chi connectivity index (χ1v) is 47.5. The second-order valence-electron chi connectivity index (χ2n) is 42.1. The van der Waals surface area contributed by atoms with Crippen molar-refractivity contribution in [3.8, 4) is 0 Å². The largest absolute Gasteiger partial charge is 0.459 e. The van der Waals surface area contributed by atoms with Crippen molar-refractivity contribution in [3.63, 3.8) is 0 Å². The van der Waals surface area contributed by atoms with Gasteiger partial charge in [0.25, 0.3) is 0 Å². The molecule has 16 heteroatoms. The molecule has 0 aromatic heterocycles. The minimum atomic E-state index is -0.415. The molecule has 646 valence electrons. The lowest BCUT2D eigenvalue weighted by Crippen LogP contribution is -2.50. The summed E-state index contributed by atoms with van der Waals surface area (Å²) in [5.74, 6) is 17.4. The first-order chi connectivity index (χ1) is 53.6. The Morgan fingerprint density at radius 3 is 0.991 bits per heavy atom. The maximum atomic E-state index is 12.2. The molecule has 0 aliphatic heterocycles. The van der Waals surface area contributed by atoms with Gasteiger partial charge in [-0.2, -0.15) is 0 Å². The van der Waals surface area contributed by atoms with Gasteiger partial charge in [0.05, 0.1) is 58.9 Å². The highest BCUT2D eigenvalue weighted by molar-refractivity contribution is 5.76. The molecular weight excluding hydrogens is 1420 g/mol. The maximum Gasteiger partial charge on any atom is 0.313 e. The summed E-state index contributed by atoms with van der Waals surface area (Å²) in [7, 11) is 0. The molecule has 0 radical (unpaired) electrons. The fourth-order valence-electron chi connectivity index (χ4n) is 26.1.